The highest BCUT2D eigenvalue weighted by atomic mass is 35.5. The highest BCUT2D eigenvalue weighted by molar-refractivity contribution is 6.30. The Bertz CT molecular complexity index is 807. The van der Waals surface area contributed by atoms with Crippen LogP contribution in [0, 0.1) is 10.1 Å². The normalized spacial score (nSPS) is 10.0. The topological polar surface area (TPSA) is 108 Å². The summed E-state index contributed by atoms with van der Waals surface area (Å²) in [5, 5.41) is 13.8. The molecule has 0 aromatic heterocycles. The number of hydrogen-bond donors (Lipinski definition) is 1. The smallest absolute Gasteiger partial charge is 0.338 e. The van der Waals surface area contributed by atoms with E-state index in [0.717, 1.165) is 0 Å². The van der Waals surface area contributed by atoms with E-state index in [-0.39, 0.29) is 16.9 Å². The maximum absolute atomic E-state index is 11.9. The van der Waals surface area contributed by atoms with Crippen molar-refractivity contribution in [2.75, 3.05) is 19.0 Å². The maximum atomic E-state index is 11.9. The molecule has 2 aromatic rings. The number of nitro groups is 1. The van der Waals surface area contributed by atoms with Gasteiger partial charge in [-0.15, -0.1) is 0 Å². The minimum absolute atomic E-state index is 0.0584. The number of hydrogen-bond acceptors (Lipinski definition) is 6. The quantitative estimate of drug-likeness (QED) is 0.479. The molecule has 0 spiro atoms. The summed E-state index contributed by atoms with van der Waals surface area (Å²) in [6.07, 6.45) is 0. The third-order valence-corrected chi connectivity index (χ3v) is 3.34. The van der Waals surface area contributed by atoms with Crippen molar-refractivity contribution >= 4 is 34.9 Å². The molecule has 0 atom stereocenters. The molecule has 0 heterocycles. The van der Waals surface area contributed by atoms with E-state index in [2.05, 4.69) is 5.32 Å². The highest BCUT2D eigenvalue weighted by Crippen LogP contribution is 2.28. The third-order valence-electron chi connectivity index (χ3n) is 3.09. The zero-order valence-corrected chi connectivity index (χ0v) is 13.8. The van der Waals surface area contributed by atoms with Crippen LogP contribution in [-0.4, -0.2) is 30.5 Å². The summed E-state index contributed by atoms with van der Waals surface area (Å²) in [6, 6.07) is 9.83. The fourth-order valence-electron chi connectivity index (χ4n) is 1.89. The van der Waals surface area contributed by atoms with Crippen LogP contribution < -0.4 is 10.1 Å². The van der Waals surface area contributed by atoms with Gasteiger partial charge in [0.1, 0.15) is 11.4 Å². The molecule has 0 bridgehead atoms. The van der Waals surface area contributed by atoms with Gasteiger partial charge in [0.25, 0.3) is 11.6 Å². The van der Waals surface area contributed by atoms with Crippen LogP contribution in [0.25, 0.3) is 0 Å². The number of esters is 1. The Hall–Kier alpha value is -3.13. The number of anilines is 1. The molecule has 1 amide bonds. The predicted octanol–water partition coefficient (Wildman–Crippen LogP) is 3.05. The fraction of sp³-hybridized carbons (Fsp3) is 0.125. The van der Waals surface area contributed by atoms with E-state index in [1.54, 1.807) is 0 Å². The van der Waals surface area contributed by atoms with Gasteiger partial charge >= 0.3 is 5.97 Å². The average Bonchev–Trinajstić information content (AvgIpc) is 2.60. The molecule has 0 radical (unpaired) electrons. The summed E-state index contributed by atoms with van der Waals surface area (Å²) in [6.45, 7) is -0.601. The second kappa shape index (κ2) is 8.11. The molecule has 8 nitrogen and oxygen atoms in total. The van der Waals surface area contributed by atoms with Gasteiger partial charge in [0.2, 0.25) is 0 Å². The average molecular weight is 365 g/mol. The van der Waals surface area contributed by atoms with Gasteiger partial charge in [0.05, 0.1) is 17.6 Å². The van der Waals surface area contributed by atoms with Crippen LogP contribution in [0.15, 0.2) is 42.5 Å². The molecule has 0 aliphatic rings. The molecule has 0 saturated carbocycles. The van der Waals surface area contributed by atoms with Gasteiger partial charge < -0.3 is 14.8 Å². The number of methoxy groups -OCH3 is 1. The molecule has 0 aliphatic heterocycles. The van der Waals surface area contributed by atoms with Crippen molar-refractivity contribution < 1.29 is 24.0 Å². The monoisotopic (exact) mass is 364 g/mol. The van der Waals surface area contributed by atoms with Crippen LogP contribution in [0.4, 0.5) is 11.4 Å². The van der Waals surface area contributed by atoms with Gasteiger partial charge in [-0.05, 0) is 30.3 Å². The first-order chi connectivity index (χ1) is 11.9. The molecular formula is C16H13ClN2O6. The Morgan fingerprint density at radius 2 is 1.88 bits per heavy atom. The summed E-state index contributed by atoms with van der Waals surface area (Å²) < 4.78 is 9.83. The first kappa shape index (κ1) is 18.2. The van der Waals surface area contributed by atoms with E-state index in [1.807, 2.05) is 0 Å². The molecule has 2 aromatic carbocycles. The lowest BCUT2D eigenvalue weighted by Crippen LogP contribution is -2.21. The number of halogens is 1. The van der Waals surface area contributed by atoms with Crippen LogP contribution in [0.1, 0.15) is 10.4 Å². The highest BCUT2D eigenvalue weighted by Gasteiger charge is 2.18. The van der Waals surface area contributed by atoms with Gasteiger partial charge in [-0.1, -0.05) is 11.6 Å². The Labute approximate surface area is 147 Å². The maximum Gasteiger partial charge on any atom is 0.338 e. The van der Waals surface area contributed by atoms with Gasteiger partial charge in [-0.3, -0.25) is 14.9 Å². The van der Waals surface area contributed by atoms with Crippen LogP contribution in [0.5, 0.6) is 5.75 Å². The predicted molar refractivity (Wildman–Crippen MR) is 90.0 cm³/mol. The van der Waals surface area contributed by atoms with E-state index in [4.69, 9.17) is 21.1 Å². The molecule has 2 rings (SSSR count). The molecule has 25 heavy (non-hydrogen) atoms. The number of nitro benzene ring substituents is 1. The van der Waals surface area contributed by atoms with E-state index in [9.17, 15) is 19.7 Å². The number of nitrogens with one attached hydrogen (secondary N) is 1. The van der Waals surface area contributed by atoms with Gasteiger partial charge in [-0.25, -0.2) is 4.79 Å². The molecule has 0 aliphatic carbocycles. The first-order valence-corrected chi connectivity index (χ1v) is 7.33. The second-order valence-electron chi connectivity index (χ2n) is 4.77. The SMILES string of the molecule is COc1ccc([N+](=O)[O-])c(NC(=O)COC(=O)c2ccc(Cl)cc2)c1. The largest absolute Gasteiger partial charge is 0.497 e. The molecule has 0 fully saturated rings. The number of carbonyl (C=O) groups excluding carboxylic acids is 2. The third kappa shape index (κ3) is 4.92. The van der Waals surface area contributed by atoms with E-state index >= 15 is 0 Å². The lowest BCUT2D eigenvalue weighted by atomic mass is 10.2. The van der Waals surface area contributed by atoms with Crippen LogP contribution in [0.3, 0.4) is 0 Å². The van der Waals surface area contributed by atoms with Crippen LogP contribution in [-0.2, 0) is 9.53 Å². The zero-order chi connectivity index (χ0) is 18.4. The minimum atomic E-state index is -0.723. The molecule has 0 unspecified atom stereocenters. The number of carbonyl (C=O) groups is 2. The summed E-state index contributed by atoms with van der Waals surface area (Å²) in [7, 11) is 1.39. The summed E-state index contributed by atoms with van der Waals surface area (Å²) in [4.78, 5) is 34.1. The summed E-state index contributed by atoms with van der Waals surface area (Å²) in [5.74, 6) is -1.11. The summed E-state index contributed by atoms with van der Waals surface area (Å²) >= 11 is 5.72. The number of nitrogens with zero attached hydrogens (tertiary/aromatic N) is 1. The van der Waals surface area contributed by atoms with Crippen LogP contribution in [0.2, 0.25) is 5.02 Å². The van der Waals surface area contributed by atoms with Crippen molar-refractivity contribution in [2.24, 2.45) is 0 Å². The Morgan fingerprint density at radius 3 is 2.48 bits per heavy atom. The Morgan fingerprint density at radius 1 is 1.20 bits per heavy atom. The van der Waals surface area contributed by atoms with Gasteiger partial charge in [0.15, 0.2) is 6.61 Å². The van der Waals surface area contributed by atoms with Crippen molar-refractivity contribution in [3.8, 4) is 5.75 Å². The van der Waals surface area contributed by atoms with Crippen molar-refractivity contribution in [3.63, 3.8) is 0 Å². The minimum Gasteiger partial charge on any atom is -0.497 e. The van der Waals surface area contributed by atoms with Crippen molar-refractivity contribution in [2.45, 2.75) is 0 Å². The van der Waals surface area contributed by atoms with Crippen molar-refractivity contribution in [1.29, 1.82) is 0 Å². The number of amides is 1. The summed E-state index contributed by atoms with van der Waals surface area (Å²) in [5.41, 5.74) is -0.139. The first-order valence-electron chi connectivity index (χ1n) is 6.95. The van der Waals surface area contributed by atoms with E-state index < -0.39 is 23.4 Å². The van der Waals surface area contributed by atoms with E-state index in [0.29, 0.717) is 10.8 Å². The number of rotatable bonds is 6. The Kier molecular flexibility index (Phi) is 5.91. The lowest BCUT2D eigenvalue weighted by molar-refractivity contribution is -0.383. The lowest BCUT2D eigenvalue weighted by Gasteiger charge is -2.08. The molecular weight excluding hydrogens is 352 g/mol. The van der Waals surface area contributed by atoms with Crippen molar-refractivity contribution in [1.82, 2.24) is 0 Å². The van der Waals surface area contributed by atoms with Gasteiger partial charge in [0, 0.05) is 17.2 Å². The number of ether oxygens (including phenoxy) is 2. The molecule has 130 valence electrons. The zero-order valence-electron chi connectivity index (χ0n) is 13.0. The Balaban J connectivity index is 2.01. The second-order valence-corrected chi connectivity index (χ2v) is 5.21. The number of benzene rings is 2. The molecule has 0 saturated heterocycles. The molecule has 9 heteroatoms. The van der Waals surface area contributed by atoms with E-state index in [1.165, 1.54) is 49.6 Å². The van der Waals surface area contributed by atoms with Crippen molar-refractivity contribution in [3.05, 3.63) is 63.2 Å². The van der Waals surface area contributed by atoms with Crippen LogP contribution >= 0.6 is 11.6 Å². The molecule has 1 N–H and O–H groups in total. The van der Waals surface area contributed by atoms with Gasteiger partial charge in [-0.2, -0.15) is 0 Å². The standard InChI is InChI=1S/C16H13ClN2O6/c1-24-12-6-7-14(19(22)23)13(8-12)18-15(20)9-25-16(21)10-2-4-11(17)5-3-10/h2-8H,9H2,1H3,(H,18,20). The fourth-order valence-corrected chi connectivity index (χ4v) is 2.01.